The Bertz CT molecular complexity index is 1030. The molecule has 1 heterocycles. The maximum Gasteiger partial charge on any atom is 0.158 e. The first-order valence-electron chi connectivity index (χ1n) is 8.89. The van der Waals surface area contributed by atoms with E-state index in [-0.39, 0.29) is 0 Å². The highest BCUT2D eigenvalue weighted by Crippen LogP contribution is 2.28. The molecule has 1 aliphatic heterocycles. The Labute approximate surface area is 163 Å². The summed E-state index contributed by atoms with van der Waals surface area (Å²) in [6.07, 6.45) is 3.41. The van der Waals surface area contributed by atoms with E-state index in [0.29, 0.717) is 5.69 Å². The number of anilines is 2. The predicted octanol–water partition coefficient (Wildman–Crippen LogP) is 3.76. The van der Waals surface area contributed by atoms with Crippen molar-refractivity contribution in [2.45, 2.75) is 5.66 Å². The zero-order valence-electron chi connectivity index (χ0n) is 15.2. The van der Waals surface area contributed by atoms with Gasteiger partial charge in [0.2, 0.25) is 0 Å². The van der Waals surface area contributed by atoms with E-state index < -0.39 is 5.66 Å². The summed E-state index contributed by atoms with van der Waals surface area (Å²) < 4.78 is 5.89. The van der Waals surface area contributed by atoms with E-state index in [1.54, 1.807) is 6.34 Å². The number of ether oxygens (including phenoxy) is 1. The van der Waals surface area contributed by atoms with Crippen LogP contribution in [0.25, 0.3) is 0 Å². The molecule has 1 atom stereocenters. The first-order chi connectivity index (χ1) is 13.6. The van der Waals surface area contributed by atoms with Gasteiger partial charge in [0, 0.05) is 29.1 Å². The Morgan fingerprint density at radius 1 is 0.893 bits per heavy atom. The molecule has 0 aromatic heterocycles. The number of rotatable bonds is 5. The Kier molecular flexibility index (Phi) is 4.70. The van der Waals surface area contributed by atoms with E-state index in [2.05, 4.69) is 15.6 Å². The Morgan fingerprint density at radius 2 is 1.68 bits per heavy atom. The fourth-order valence-corrected chi connectivity index (χ4v) is 2.94. The second-order valence-corrected chi connectivity index (χ2v) is 6.48. The summed E-state index contributed by atoms with van der Waals surface area (Å²) in [6, 6.07) is 24.8. The van der Waals surface area contributed by atoms with Crippen LogP contribution >= 0.6 is 0 Å². The second kappa shape index (κ2) is 7.46. The molecule has 0 spiro atoms. The van der Waals surface area contributed by atoms with Crippen LogP contribution in [0.15, 0.2) is 95.8 Å². The zero-order chi connectivity index (χ0) is 19.4. The highest BCUT2D eigenvalue weighted by Gasteiger charge is 2.26. The molecule has 0 radical (unpaired) electrons. The molecule has 6 N–H and O–H groups in total. The van der Waals surface area contributed by atoms with Gasteiger partial charge in [-0.15, -0.1) is 0 Å². The lowest BCUT2D eigenvalue weighted by molar-refractivity contribution is 0.483. The van der Waals surface area contributed by atoms with Gasteiger partial charge in [0.05, 0.1) is 6.34 Å². The van der Waals surface area contributed by atoms with Crippen molar-refractivity contribution in [3.8, 4) is 11.5 Å². The largest absolute Gasteiger partial charge is 0.457 e. The lowest BCUT2D eigenvalue weighted by Crippen LogP contribution is -2.39. The van der Waals surface area contributed by atoms with Crippen molar-refractivity contribution in [3.63, 3.8) is 0 Å². The number of benzene rings is 3. The van der Waals surface area contributed by atoms with Crippen molar-refractivity contribution >= 4 is 17.7 Å². The molecule has 140 valence electrons. The maximum absolute atomic E-state index is 6.49. The molecule has 6 nitrogen and oxygen atoms in total. The smallest absolute Gasteiger partial charge is 0.158 e. The molecule has 0 bridgehead atoms. The van der Waals surface area contributed by atoms with Crippen LogP contribution in [0.2, 0.25) is 0 Å². The van der Waals surface area contributed by atoms with E-state index in [0.717, 1.165) is 28.6 Å². The number of hydrogen-bond acceptors (Lipinski definition) is 6. The Balaban J connectivity index is 1.54. The summed E-state index contributed by atoms with van der Waals surface area (Å²) >= 11 is 0. The predicted molar refractivity (Wildman–Crippen MR) is 113 cm³/mol. The molecule has 0 saturated heterocycles. The zero-order valence-corrected chi connectivity index (χ0v) is 15.2. The van der Waals surface area contributed by atoms with Gasteiger partial charge in [0.1, 0.15) is 17.3 Å². The maximum atomic E-state index is 6.49. The molecule has 1 aliphatic rings. The van der Waals surface area contributed by atoms with Crippen LogP contribution in [-0.4, -0.2) is 6.34 Å². The summed E-state index contributed by atoms with van der Waals surface area (Å²) in [7, 11) is 0. The first kappa shape index (κ1) is 17.6. The summed E-state index contributed by atoms with van der Waals surface area (Å²) in [6.45, 7) is 0. The van der Waals surface area contributed by atoms with Crippen molar-refractivity contribution in [2.75, 3.05) is 11.1 Å². The van der Waals surface area contributed by atoms with Gasteiger partial charge in [-0.1, -0.05) is 36.4 Å². The average molecular weight is 371 g/mol. The lowest BCUT2D eigenvalue weighted by atomic mass is 9.99. The van der Waals surface area contributed by atoms with E-state index in [4.69, 9.17) is 16.2 Å². The van der Waals surface area contributed by atoms with Crippen LogP contribution in [0.1, 0.15) is 5.56 Å². The van der Waals surface area contributed by atoms with Gasteiger partial charge in [-0.2, -0.15) is 0 Å². The molecule has 6 heteroatoms. The monoisotopic (exact) mass is 371 g/mol. The standard InChI is InChI=1S/C22H21N5O/c23-17-7-4-6-16(12-17)22(24)14-21(25-15-26-22)27-18-8-5-11-20(13-18)28-19-9-2-1-3-10-19/h1-15,27H,23-24H2,(H,25,26). The highest BCUT2D eigenvalue weighted by molar-refractivity contribution is 5.65. The van der Waals surface area contributed by atoms with Gasteiger partial charge in [-0.25, -0.2) is 4.99 Å². The molecule has 0 fully saturated rings. The quantitative estimate of drug-likeness (QED) is 0.512. The molecular formula is C22H21N5O. The highest BCUT2D eigenvalue weighted by atomic mass is 16.5. The second-order valence-electron chi connectivity index (χ2n) is 6.48. The molecule has 4 rings (SSSR count). The molecule has 28 heavy (non-hydrogen) atoms. The Hall–Kier alpha value is -3.77. The fourth-order valence-electron chi connectivity index (χ4n) is 2.94. The van der Waals surface area contributed by atoms with Crippen molar-refractivity contribution in [1.29, 1.82) is 0 Å². The lowest BCUT2D eigenvalue weighted by Gasteiger charge is -2.27. The van der Waals surface area contributed by atoms with Crippen LogP contribution < -0.4 is 26.8 Å². The molecule has 3 aromatic carbocycles. The third-order valence-corrected chi connectivity index (χ3v) is 4.30. The molecule has 0 saturated carbocycles. The number of aliphatic imine (C=N–C) groups is 1. The van der Waals surface area contributed by atoms with Gasteiger partial charge in [-0.3, -0.25) is 5.73 Å². The number of nitrogen functional groups attached to an aromatic ring is 1. The van der Waals surface area contributed by atoms with Crippen LogP contribution in [-0.2, 0) is 5.66 Å². The number of nitrogens with zero attached hydrogens (tertiary/aromatic N) is 1. The molecule has 0 aliphatic carbocycles. The minimum Gasteiger partial charge on any atom is -0.457 e. The first-order valence-corrected chi connectivity index (χ1v) is 8.89. The summed E-state index contributed by atoms with van der Waals surface area (Å²) in [4.78, 5) is 4.38. The molecular weight excluding hydrogens is 350 g/mol. The van der Waals surface area contributed by atoms with Crippen LogP contribution in [0.3, 0.4) is 0 Å². The van der Waals surface area contributed by atoms with E-state index in [1.807, 2.05) is 84.9 Å². The van der Waals surface area contributed by atoms with E-state index in [9.17, 15) is 0 Å². The van der Waals surface area contributed by atoms with Crippen molar-refractivity contribution in [3.05, 3.63) is 96.3 Å². The number of hydrogen-bond donors (Lipinski definition) is 4. The van der Waals surface area contributed by atoms with Gasteiger partial charge in [0.25, 0.3) is 0 Å². The van der Waals surface area contributed by atoms with E-state index in [1.165, 1.54) is 0 Å². The normalized spacial score (nSPS) is 18.1. The molecule has 1 unspecified atom stereocenters. The van der Waals surface area contributed by atoms with Crippen molar-refractivity contribution in [2.24, 2.45) is 10.7 Å². The van der Waals surface area contributed by atoms with Crippen LogP contribution in [0, 0.1) is 0 Å². The fraction of sp³-hybridized carbons (Fsp3) is 0.0455. The molecule has 3 aromatic rings. The van der Waals surface area contributed by atoms with Crippen LogP contribution in [0.5, 0.6) is 11.5 Å². The van der Waals surface area contributed by atoms with Gasteiger partial charge >= 0.3 is 0 Å². The Morgan fingerprint density at radius 3 is 2.50 bits per heavy atom. The summed E-state index contributed by atoms with van der Waals surface area (Å²) in [5.74, 6) is 2.23. The van der Waals surface area contributed by atoms with Crippen LogP contribution in [0.4, 0.5) is 11.4 Å². The summed E-state index contributed by atoms with van der Waals surface area (Å²) in [5.41, 5.74) is 13.7. The van der Waals surface area contributed by atoms with E-state index >= 15 is 0 Å². The minimum atomic E-state index is -0.999. The van der Waals surface area contributed by atoms with Gasteiger partial charge in [-0.05, 0) is 36.4 Å². The van der Waals surface area contributed by atoms with Crippen molar-refractivity contribution < 1.29 is 4.74 Å². The summed E-state index contributed by atoms with van der Waals surface area (Å²) in [5, 5.41) is 6.40. The number of nitrogens with one attached hydrogen (secondary N) is 2. The molecule has 0 amide bonds. The number of para-hydroxylation sites is 1. The third-order valence-electron chi connectivity index (χ3n) is 4.30. The minimum absolute atomic E-state index is 0.643. The number of nitrogens with two attached hydrogens (primary N) is 2. The van der Waals surface area contributed by atoms with Gasteiger partial charge < -0.3 is 21.1 Å². The average Bonchev–Trinajstić information content (AvgIpc) is 2.69. The van der Waals surface area contributed by atoms with Crippen molar-refractivity contribution in [1.82, 2.24) is 5.32 Å². The third kappa shape index (κ3) is 3.97. The van der Waals surface area contributed by atoms with Gasteiger partial charge in [0.15, 0.2) is 5.66 Å². The topological polar surface area (TPSA) is 97.7 Å². The SMILES string of the molecule is Nc1cccc(C2(N)C=C(Nc3cccc(Oc4ccccc4)c3)NC=N2)c1.